The molecule has 0 saturated carbocycles. The summed E-state index contributed by atoms with van der Waals surface area (Å²) < 4.78 is 13.0. The zero-order valence-electron chi connectivity index (χ0n) is 18.3. The number of nitrogens with zero attached hydrogens (tertiary/aromatic N) is 5. The Balaban J connectivity index is 2.24. The van der Waals surface area contributed by atoms with Crippen molar-refractivity contribution >= 4 is 16.9 Å². The third-order valence-corrected chi connectivity index (χ3v) is 4.66. The Hall–Kier alpha value is -3.16. The summed E-state index contributed by atoms with van der Waals surface area (Å²) in [5.74, 6) is 6.91. The fourth-order valence-electron chi connectivity index (χ4n) is 3.29. The highest BCUT2D eigenvalue weighted by molar-refractivity contribution is 5.89. The quantitative estimate of drug-likeness (QED) is 0.459. The number of aliphatic hydroxyl groups is 1. The second-order valence-corrected chi connectivity index (χ2v) is 7.76. The summed E-state index contributed by atoms with van der Waals surface area (Å²) in [6.07, 6.45) is 4.15. The number of rotatable bonds is 8. The van der Waals surface area contributed by atoms with E-state index in [0.29, 0.717) is 47.1 Å². The van der Waals surface area contributed by atoms with Gasteiger partial charge in [-0.3, -0.25) is 0 Å². The average Bonchev–Trinajstić information content (AvgIpc) is 3.30. The molecule has 0 amide bonds. The maximum absolute atomic E-state index is 10.0. The lowest BCUT2D eigenvalue weighted by molar-refractivity contribution is 0.143. The van der Waals surface area contributed by atoms with Crippen molar-refractivity contribution in [3.8, 4) is 29.1 Å². The van der Waals surface area contributed by atoms with Crippen molar-refractivity contribution in [1.82, 2.24) is 24.8 Å². The molecule has 3 heterocycles. The summed E-state index contributed by atoms with van der Waals surface area (Å²) in [7, 11) is 0. The Morgan fingerprint density at radius 2 is 2.06 bits per heavy atom. The topological polar surface area (TPSA) is 151 Å². The van der Waals surface area contributed by atoms with E-state index in [4.69, 9.17) is 25.8 Å². The normalized spacial score (nSPS) is 12.6. The Labute approximate surface area is 180 Å². The minimum atomic E-state index is -1.17. The lowest BCUT2D eigenvalue weighted by Crippen LogP contribution is -2.21. The van der Waals surface area contributed by atoms with Crippen LogP contribution in [-0.2, 0) is 6.54 Å². The molecule has 0 bridgehead atoms. The number of nitrogen functional groups attached to an aromatic ring is 1. The maximum Gasteiger partial charge on any atom is 0.199 e. The summed E-state index contributed by atoms with van der Waals surface area (Å²) in [6, 6.07) is 0. The molecular weight excluding hydrogens is 398 g/mol. The van der Waals surface area contributed by atoms with Gasteiger partial charge in [-0.15, -0.1) is 0 Å². The first-order valence-electron chi connectivity index (χ1n) is 10.4. The molecule has 0 aliphatic rings. The number of nitrogens with two attached hydrogens (primary N) is 2. The SMILES string of the molecule is CCCC(CCN)Oc1cnc(C#CC(C)(C)O)c2nc(-c3nonc3N)n(CC)c12. The van der Waals surface area contributed by atoms with Crippen LogP contribution in [0.25, 0.3) is 22.6 Å². The van der Waals surface area contributed by atoms with E-state index in [1.54, 1.807) is 20.0 Å². The second-order valence-electron chi connectivity index (χ2n) is 7.76. The van der Waals surface area contributed by atoms with Crippen LogP contribution in [0, 0.1) is 11.8 Å². The van der Waals surface area contributed by atoms with Crippen LogP contribution in [0.1, 0.15) is 52.7 Å². The number of ether oxygens (including phenoxy) is 1. The zero-order chi connectivity index (χ0) is 22.6. The highest BCUT2D eigenvalue weighted by Gasteiger charge is 2.24. The molecule has 1 unspecified atom stereocenters. The first-order chi connectivity index (χ1) is 14.8. The third-order valence-electron chi connectivity index (χ3n) is 4.66. The smallest absolute Gasteiger partial charge is 0.199 e. The van der Waals surface area contributed by atoms with Crippen molar-refractivity contribution in [2.75, 3.05) is 12.3 Å². The molecule has 3 rings (SSSR count). The van der Waals surface area contributed by atoms with Crippen molar-refractivity contribution < 1.29 is 14.5 Å². The van der Waals surface area contributed by atoms with Gasteiger partial charge >= 0.3 is 0 Å². The number of fused-ring (bicyclic) bond motifs is 1. The van der Waals surface area contributed by atoms with Crippen molar-refractivity contribution in [3.05, 3.63) is 11.9 Å². The Kier molecular flexibility index (Phi) is 6.77. The summed E-state index contributed by atoms with van der Waals surface area (Å²) in [6.45, 7) is 8.38. The molecule has 0 fully saturated rings. The first kappa shape index (κ1) is 22.5. The molecule has 0 spiro atoms. The van der Waals surface area contributed by atoms with Crippen LogP contribution in [0.15, 0.2) is 10.8 Å². The van der Waals surface area contributed by atoms with Gasteiger partial charge in [-0.2, -0.15) is 0 Å². The lowest BCUT2D eigenvalue weighted by Gasteiger charge is -2.19. The molecule has 1 atom stereocenters. The van der Waals surface area contributed by atoms with Gasteiger partial charge < -0.3 is 25.9 Å². The van der Waals surface area contributed by atoms with Gasteiger partial charge in [-0.05, 0) is 56.4 Å². The zero-order valence-corrected chi connectivity index (χ0v) is 18.3. The van der Waals surface area contributed by atoms with E-state index < -0.39 is 5.60 Å². The van der Waals surface area contributed by atoms with Gasteiger partial charge in [0.15, 0.2) is 23.1 Å². The molecule has 10 nitrogen and oxygen atoms in total. The van der Waals surface area contributed by atoms with Crippen LogP contribution in [-0.4, -0.2) is 48.2 Å². The lowest BCUT2D eigenvalue weighted by atomic mass is 10.1. The third kappa shape index (κ3) is 4.95. The number of pyridine rings is 1. The van der Waals surface area contributed by atoms with Crippen molar-refractivity contribution in [3.63, 3.8) is 0 Å². The summed E-state index contributed by atoms with van der Waals surface area (Å²) in [4.78, 5) is 9.18. The monoisotopic (exact) mass is 427 g/mol. The summed E-state index contributed by atoms with van der Waals surface area (Å²) >= 11 is 0. The molecule has 10 heteroatoms. The fraction of sp³-hybridized carbons (Fsp3) is 0.524. The van der Waals surface area contributed by atoms with E-state index in [9.17, 15) is 5.11 Å². The molecule has 0 aromatic carbocycles. The maximum atomic E-state index is 10.0. The van der Waals surface area contributed by atoms with Crippen LogP contribution >= 0.6 is 0 Å². The van der Waals surface area contributed by atoms with Gasteiger partial charge in [0.05, 0.1) is 6.20 Å². The molecular formula is C21H29N7O3. The predicted octanol–water partition coefficient (Wildman–Crippen LogP) is 2.10. The minimum absolute atomic E-state index is 0.0456. The molecule has 3 aromatic heterocycles. The van der Waals surface area contributed by atoms with Crippen molar-refractivity contribution in [2.24, 2.45) is 5.73 Å². The Morgan fingerprint density at radius 3 is 2.65 bits per heavy atom. The van der Waals surface area contributed by atoms with Crippen LogP contribution in [0.5, 0.6) is 5.75 Å². The standard InChI is InChI=1S/C21H29N7O3/c1-5-7-13(9-11-22)30-15-12-24-14(8-10-21(3,4)29)16-18(15)28(6-2)20(25-16)17-19(23)27-31-26-17/h12-13,29H,5-7,9,11,22H2,1-4H3,(H2,23,27). The summed E-state index contributed by atoms with van der Waals surface area (Å²) in [5.41, 5.74) is 12.5. The number of aryl methyl sites for hydroxylation is 1. The van der Waals surface area contributed by atoms with Gasteiger partial charge in [-0.1, -0.05) is 19.3 Å². The van der Waals surface area contributed by atoms with Crippen LogP contribution in [0.3, 0.4) is 0 Å². The molecule has 5 N–H and O–H groups in total. The number of hydrogen-bond donors (Lipinski definition) is 3. The number of imidazole rings is 1. The predicted molar refractivity (Wildman–Crippen MR) is 117 cm³/mol. The second kappa shape index (κ2) is 9.32. The largest absolute Gasteiger partial charge is 0.486 e. The number of aromatic nitrogens is 5. The highest BCUT2D eigenvalue weighted by atomic mass is 16.6. The molecule has 0 aliphatic heterocycles. The molecule has 0 aliphatic carbocycles. The molecule has 166 valence electrons. The van der Waals surface area contributed by atoms with Crippen LogP contribution < -0.4 is 16.2 Å². The summed E-state index contributed by atoms with van der Waals surface area (Å²) in [5, 5.41) is 17.6. The van der Waals surface area contributed by atoms with Crippen molar-refractivity contribution in [2.45, 2.75) is 65.2 Å². The van der Waals surface area contributed by atoms with Crippen LogP contribution in [0.2, 0.25) is 0 Å². The van der Waals surface area contributed by atoms with Crippen molar-refractivity contribution in [1.29, 1.82) is 0 Å². The van der Waals surface area contributed by atoms with Gasteiger partial charge in [-0.25, -0.2) is 14.6 Å². The average molecular weight is 428 g/mol. The number of anilines is 1. The Bertz CT molecular complexity index is 1100. The van der Waals surface area contributed by atoms with E-state index in [0.717, 1.165) is 19.3 Å². The van der Waals surface area contributed by atoms with Crippen LogP contribution in [0.4, 0.5) is 5.82 Å². The first-order valence-corrected chi connectivity index (χ1v) is 10.4. The Morgan fingerprint density at radius 1 is 1.29 bits per heavy atom. The van der Waals surface area contributed by atoms with Gasteiger partial charge in [0.1, 0.15) is 28.4 Å². The van der Waals surface area contributed by atoms with E-state index in [2.05, 4.69) is 34.1 Å². The number of hydrogen-bond acceptors (Lipinski definition) is 9. The fourth-order valence-corrected chi connectivity index (χ4v) is 3.29. The highest BCUT2D eigenvalue weighted by Crippen LogP contribution is 2.34. The van der Waals surface area contributed by atoms with E-state index in [1.807, 2.05) is 11.5 Å². The minimum Gasteiger partial charge on any atom is -0.486 e. The van der Waals surface area contributed by atoms with Gasteiger partial charge in [0.25, 0.3) is 0 Å². The van der Waals surface area contributed by atoms with Gasteiger partial charge in [0, 0.05) is 6.54 Å². The van der Waals surface area contributed by atoms with E-state index >= 15 is 0 Å². The van der Waals surface area contributed by atoms with E-state index in [1.165, 1.54) is 0 Å². The molecule has 0 radical (unpaired) electrons. The molecule has 3 aromatic rings. The molecule has 0 saturated heterocycles. The van der Waals surface area contributed by atoms with Gasteiger partial charge in [0.2, 0.25) is 0 Å². The van der Waals surface area contributed by atoms with E-state index in [-0.39, 0.29) is 11.9 Å². The molecule has 31 heavy (non-hydrogen) atoms.